The zero-order valence-electron chi connectivity index (χ0n) is 31.1. The molecule has 0 saturated carbocycles. The minimum atomic E-state index is -0.0714. The number of nitrogens with zero attached hydrogens (tertiary/aromatic N) is 1. The molecule has 0 fully saturated rings. The molecule has 8 rings (SSSR count). The number of unbranched alkanes of at least 4 members (excludes halogenated alkanes) is 6. The molecule has 6 aromatic rings. The van der Waals surface area contributed by atoms with Gasteiger partial charge in [0.15, 0.2) is 0 Å². The van der Waals surface area contributed by atoms with Gasteiger partial charge in [-0.15, -0.1) is 0 Å². The lowest BCUT2D eigenvalue weighted by molar-refractivity contribution is 0.401. The number of benzene rings is 6. The van der Waals surface area contributed by atoms with Crippen molar-refractivity contribution in [1.29, 1.82) is 0 Å². The fourth-order valence-electron chi connectivity index (χ4n) is 9.62. The molecular formula is C50H53N. The maximum atomic E-state index is 2.60. The summed E-state index contributed by atoms with van der Waals surface area (Å²) in [7, 11) is 0. The smallest absolute Gasteiger partial charge is 0.0540 e. The van der Waals surface area contributed by atoms with Crippen molar-refractivity contribution in [2.75, 3.05) is 4.90 Å². The van der Waals surface area contributed by atoms with E-state index in [9.17, 15) is 0 Å². The van der Waals surface area contributed by atoms with Crippen molar-refractivity contribution in [3.05, 3.63) is 150 Å². The van der Waals surface area contributed by atoms with Gasteiger partial charge in [0, 0.05) is 27.6 Å². The topological polar surface area (TPSA) is 3.24 Å². The van der Waals surface area contributed by atoms with E-state index in [1.54, 1.807) is 5.56 Å². The molecular weight excluding hydrogens is 615 g/mol. The highest BCUT2D eigenvalue weighted by molar-refractivity contribution is 6.00. The summed E-state index contributed by atoms with van der Waals surface area (Å²) < 4.78 is 0. The summed E-state index contributed by atoms with van der Waals surface area (Å²) >= 11 is 0. The van der Waals surface area contributed by atoms with E-state index >= 15 is 0 Å². The summed E-state index contributed by atoms with van der Waals surface area (Å²) in [6.07, 6.45) is 12.7. The highest BCUT2D eigenvalue weighted by Gasteiger charge is 2.43. The van der Waals surface area contributed by atoms with E-state index in [1.165, 1.54) is 131 Å². The van der Waals surface area contributed by atoms with Gasteiger partial charge in [0.05, 0.1) is 5.69 Å². The zero-order chi connectivity index (χ0) is 35.0. The summed E-state index contributed by atoms with van der Waals surface area (Å²) in [5.74, 6) is 0. The Labute approximate surface area is 306 Å². The van der Waals surface area contributed by atoms with Gasteiger partial charge >= 0.3 is 0 Å². The van der Waals surface area contributed by atoms with Crippen LogP contribution in [0.5, 0.6) is 0 Å². The van der Waals surface area contributed by atoms with E-state index in [1.807, 2.05) is 0 Å². The molecule has 0 bridgehead atoms. The van der Waals surface area contributed by atoms with E-state index in [0.717, 1.165) is 0 Å². The van der Waals surface area contributed by atoms with Crippen molar-refractivity contribution < 1.29 is 0 Å². The molecule has 0 spiro atoms. The summed E-state index contributed by atoms with van der Waals surface area (Å²) in [5, 5.41) is 2.54. The second kappa shape index (κ2) is 13.8. The van der Waals surface area contributed by atoms with Crippen LogP contribution in [-0.4, -0.2) is 0 Å². The van der Waals surface area contributed by atoms with Crippen LogP contribution in [0.15, 0.2) is 127 Å². The quantitative estimate of drug-likeness (QED) is 0.111. The summed E-state index contributed by atoms with van der Waals surface area (Å²) in [5.41, 5.74) is 15.2. The molecule has 6 aromatic carbocycles. The van der Waals surface area contributed by atoms with Gasteiger partial charge in [-0.2, -0.15) is 0 Å². The highest BCUT2D eigenvalue weighted by atomic mass is 15.1. The fourth-order valence-corrected chi connectivity index (χ4v) is 9.62. The van der Waals surface area contributed by atoms with E-state index < -0.39 is 0 Å². The monoisotopic (exact) mass is 667 g/mol. The molecule has 0 radical (unpaired) electrons. The second-order valence-corrected chi connectivity index (χ2v) is 15.7. The van der Waals surface area contributed by atoms with Crippen LogP contribution in [0.1, 0.15) is 114 Å². The van der Waals surface area contributed by atoms with Crippen molar-refractivity contribution in [3.63, 3.8) is 0 Å². The maximum absolute atomic E-state index is 2.60. The molecule has 2 aliphatic rings. The lowest BCUT2D eigenvalue weighted by atomic mass is 9.70. The van der Waals surface area contributed by atoms with Crippen LogP contribution in [-0.2, 0) is 10.8 Å². The molecule has 51 heavy (non-hydrogen) atoms. The van der Waals surface area contributed by atoms with Gasteiger partial charge in [-0.25, -0.2) is 0 Å². The van der Waals surface area contributed by atoms with Crippen LogP contribution >= 0.6 is 0 Å². The lowest BCUT2D eigenvalue weighted by Crippen LogP contribution is -2.26. The molecule has 2 aliphatic carbocycles. The third-order valence-electron chi connectivity index (χ3n) is 12.3. The van der Waals surface area contributed by atoms with Gasteiger partial charge in [0.1, 0.15) is 0 Å². The normalized spacial score (nSPS) is 14.6. The van der Waals surface area contributed by atoms with Crippen LogP contribution in [0, 0.1) is 0 Å². The average Bonchev–Trinajstić information content (AvgIpc) is 3.57. The fraction of sp³-hybridized carbons (Fsp3) is 0.320. The maximum Gasteiger partial charge on any atom is 0.0540 e. The first-order chi connectivity index (χ1) is 25.0. The van der Waals surface area contributed by atoms with E-state index in [4.69, 9.17) is 0 Å². The number of hydrogen-bond acceptors (Lipinski definition) is 1. The SMILES string of the molecule is CCCCCCC1(CCCCCC)c2ccccc2-c2ccc(N(c3ccc4c(c3)C(C)(C)c3ccccc3-4)c3cccc4ccccc34)cc21. The van der Waals surface area contributed by atoms with Gasteiger partial charge in [-0.1, -0.05) is 176 Å². The van der Waals surface area contributed by atoms with Gasteiger partial charge in [-0.3, -0.25) is 0 Å². The number of fused-ring (bicyclic) bond motifs is 7. The Hall–Kier alpha value is -4.62. The van der Waals surface area contributed by atoms with Crippen molar-refractivity contribution in [2.24, 2.45) is 0 Å². The van der Waals surface area contributed by atoms with Crippen molar-refractivity contribution in [3.8, 4) is 22.3 Å². The Morgan fingerprint density at radius 1 is 0.451 bits per heavy atom. The summed E-state index contributed by atoms with van der Waals surface area (Å²) in [4.78, 5) is 2.56. The third-order valence-corrected chi connectivity index (χ3v) is 12.3. The van der Waals surface area contributed by atoms with E-state index in [0.29, 0.717) is 0 Å². The van der Waals surface area contributed by atoms with Crippen LogP contribution in [0.3, 0.4) is 0 Å². The first-order valence-corrected chi connectivity index (χ1v) is 19.7. The number of anilines is 3. The largest absolute Gasteiger partial charge is 0.310 e. The third kappa shape index (κ3) is 5.70. The molecule has 0 amide bonds. The first kappa shape index (κ1) is 33.5. The number of rotatable bonds is 13. The lowest BCUT2D eigenvalue weighted by Gasteiger charge is -2.34. The van der Waals surface area contributed by atoms with Crippen LogP contribution in [0.4, 0.5) is 17.1 Å². The van der Waals surface area contributed by atoms with Crippen molar-refractivity contribution in [1.82, 2.24) is 0 Å². The molecule has 258 valence electrons. The minimum Gasteiger partial charge on any atom is -0.310 e. The molecule has 0 aromatic heterocycles. The Kier molecular flexibility index (Phi) is 9.09. The molecule has 0 N–H and O–H groups in total. The van der Waals surface area contributed by atoms with Gasteiger partial charge in [0.25, 0.3) is 0 Å². The highest BCUT2D eigenvalue weighted by Crippen LogP contribution is 2.56. The van der Waals surface area contributed by atoms with E-state index in [-0.39, 0.29) is 10.8 Å². The van der Waals surface area contributed by atoms with Crippen LogP contribution in [0.2, 0.25) is 0 Å². The predicted octanol–water partition coefficient (Wildman–Crippen LogP) is 14.8. The molecule has 0 heterocycles. The Bertz CT molecular complexity index is 2170. The van der Waals surface area contributed by atoms with Crippen LogP contribution < -0.4 is 4.90 Å². The van der Waals surface area contributed by atoms with Crippen LogP contribution in [0.25, 0.3) is 33.0 Å². The number of hydrogen-bond donors (Lipinski definition) is 0. The standard InChI is InChI=1S/C50H53N/c1-5-7-9-17-32-50(33-18-10-8-6-2)45-26-16-14-24-41(45)43-31-29-38(35-47(43)50)51(48-27-19-21-36-20-11-12-22-39(36)48)37-28-30-42-40-23-13-15-25-44(40)49(3,4)46(42)34-37/h11-16,19-31,34-35H,5-10,17-18,32-33H2,1-4H3. The Balaban J connectivity index is 1.32. The summed E-state index contributed by atoms with van der Waals surface area (Å²) in [6.45, 7) is 9.44. The Morgan fingerprint density at radius 3 is 1.67 bits per heavy atom. The molecule has 0 atom stereocenters. The molecule has 1 nitrogen and oxygen atoms in total. The van der Waals surface area contributed by atoms with Crippen molar-refractivity contribution in [2.45, 2.75) is 103 Å². The zero-order valence-corrected chi connectivity index (χ0v) is 31.1. The van der Waals surface area contributed by atoms with Crippen molar-refractivity contribution >= 4 is 27.8 Å². The predicted molar refractivity (Wildman–Crippen MR) is 220 cm³/mol. The first-order valence-electron chi connectivity index (χ1n) is 19.7. The molecule has 0 saturated heterocycles. The molecule has 0 unspecified atom stereocenters. The molecule has 1 heteroatoms. The Morgan fingerprint density at radius 2 is 0.980 bits per heavy atom. The van der Waals surface area contributed by atoms with Gasteiger partial charge in [0.2, 0.25) is 0 Å². The minimum absolute atomic E-state index is 0.0371. The second-order valence-electron chi connectivity index (χ2n) is 15.7. The average molecular weight is 668 g/mol. The van der Waals surface area contributed by atoms with Gasteiger partial charge < -0.3 is 4.90 Å². The van der Waals surface area contributed by atoms with E-state index in [2.05, 4.69) is 160 Å². The van der Waals surface area contributed by atoms with Gasteiger partial charge in [-0.05, 0) is 93.1 Å². The molecule has 0 aliphatic heterocycles. The summed E-state index contributed by atoms with van der Waals surface area (Å²) in [6, 6.07) is 48.7.